The van der Waals surface area contributed by atoms with Gasteiger partial charge in [0, 0.05) is 24.3 Å². The van der Waals surface area contributed by atoms with Gasteiger partial charge in [0.2, 0.25) is 0 Å². The lowest BCUT2D eigenvalue weighted by Crippen LogP contribution is -2.39. The number of carbonyl (C=O) groups is 2. The standard InChI is InChI=1S/2C19H21N2O7P/c2*1-14(19(22)26-16-8-5-9-16)20-29(25,27-17-6-3-2-4-7-17)28-18-12-10-15(11-13-18)21(23)24/h2*2-4,6-7,10-14,16H,5,8-9H2,1H3,(H,20,25)/t14-,29+;14-,29-/m00/s1. The van der Waals surface area contributed by atoms with Crippen LogP contribution in [0.25, 0.3) is 0 Å². The number of nitro benzene ring substituents is 2. The minimum Gasteiger partial charge on any atom is -0.461 e. The minimum absolute atomic E-state index is 0.0851. The molecule has 0 spiro atoms. The highest BCUT2D eigenvalue weighted by Crippen LogP contribution is 2.47. The Kier molecular flexibility index (Phi) is 15.0. The molecule has 0 aliphatic heterocycles. The zero-order valence-corrected chi connectivity index (χ0v) is 33.2. The van der Waals surface area contributed by atoms with Crippen molar-refractivity contribution in [3.05, 3.63) is 129 Å². The van der Waals surface area contributed by atoms with Gasteiger partial charge in [-0.2, -0.15) is 10.2 Å². The van der Waals surface area contributed by atoms with E-state index >= 15 is 0 Å². The van der Waals surface area contributed by atoms with Crippen LogP contribution in [0.2, 0.25) is 0 Å². The van der Waals surface area contributed by atoms with Gasteiger partial charge < -0.3 is 27.6 Å². The molecule has 2 fully saturated rings. The molecule has 4 atom stereocenters. The largest absolute Gasteiger partial charge is 0.513 e. The Balaban J connectivity index is 0.000000221. The van der Waals surface area contributed by atoms with Crippen molar-refractivity contribution in [2.24, 2.45) is 0 Å². The van der Waals surface area contributed by atoms with Crippen molar-refractivity contribution in [3.8, 4) is 23.0 Å². The fourth-order valence-corrected chi connectivity index (χ4v) is 8.05. The first-order chi connectivity index (χ1) is 27.7. The highest BCUT2D eigenvalue weighted by molar-refractivity contribution is 7.52. The van der Waals surface area contributed by atoms with Crippen LogP contribution in [-0.2, 0) is 28.2 Å². The molecular weight excluding hydrogens is 798 g/mol. The SMILES string of the molecule is C[C@H](N[P@@](=O)(Oc1ccccc1)Oc1ccc([N+](=O)[O-])cc1)C(=O)OC1CCC1.C[C@H](N[P@](=O)(Oc1ccccc1)Oc1ccc([N+](=O)[O-])cc1)C(=O)OC1CCC1. The van der Waals surface area contributed by atoms with Gasteiger partial charge in [-0.1, -0.05) is 36.4 Å². The van der Waals surface area contributed by atoms with Crippen molar-refractivity contribution >= 4 is 38.8 Å². The number of nitrogens with zero attached hydrogens (tertiary/aromatic N) is 2. The maximum absolute atomic E-state index is 13.4. The lowest BCUT2D eigenvalue weighted by atomic mass is 9.96. The van der Waals surface area contributed by atoms with Gasteiger partial charge in [-0.3, -0.25) is 29.8 Å². The second kappa shape index (κ2) is 20.1. The lowest BCUT2D eigenvalue weighted by molar-refractivity contribution is -0.385. The summed E-state index contributed by atoms with van der Waals surface area (Å²) in [5.41, 5.74) is -0.275. The predicted octanol–water partition coefficient (Wildman–Crippen LogP) is 8.47. The fourth-order valence-electron chi connectivity index (χ4n) is 5.01. The van der Waals surface area contributed by atoms with E-state index in [4.69, 9.17) is 27.6 Å². The predicted molar refractivity (Wildman–Crippen MR) is 209 cm³/mol. The number of nitro groups is 2. The fraction of sp³-hybridized carbons (Fsp3) is 0.316. The summed E-state index contributed by atoms with van der Waals surface area (Å²) in [4.78, 5) is 45.0. The van der Waals surface area contributed by atoms with Gasteiger partial charge in [0.1, 0.15) is 47.3 Å². The topological polar surface area (TPSA) is 234 Å². The second-order valence-electron chi connectivity index (χ2n) is 13.2. The van der Waals surface area contributed by atoms with Crippen LogP contribution in [-0.4, -0.2) is 46.1 Å². The van der Waals surface area contributed by atoms with Crippen LogP contribution in [0.3, 0.4) is 0 Å². The van der Waals surface area contributed by atoms with E-state index in [1.165, 1.54) is 62.4 Å². The number of hydrogen-bond acceptors (Lipinski definition) is 14. The van der Waals surface area contributed by atoms with E-state index in [1.807, 2.05) is 0 Å². The van der Waals surface area contributed by atoms with Gasteiger partial charge in [-0.05, 0) is 101 Å². The summed E-state index contributed by atoms with van der Waals surface area (Å²) >= 11 is 0. The quantitative estimate of drug-likeness (QED) is 0.0414. The monoisotopic (exact) mass is 840 g/mol. The number of rotatable bonds is 18. The molecule has 4 aromatic rings. The molecule has 58 heavy (non-hydrogen) atoms. The zero-order chi connectivity index (χ0) is 41.7. The molecule has 6 rings (SSSR count). The van der Waals surface area contributed by atoms with Crippen LogP contribution in [0.5, 0.6) is 23.0 Å². The molecular formula is C38H42N4O14P2. The van der Waals surface area contributed by atoms with E-state index in [0.29, 0.717) is 0 Å². The van der Waals surface area contributed by atoms with Crippen molar-refractivity contribution in [2.45, 2.75) is 76.7 Å². The molecule has 0 aromatic heterocycles. The molecule has 18 nitrogen and oxygen atoms in total. The third kappa shape index (κ3) is 13.1. The Morgan fingerprint density at radius 3 is 1.10 bits per heavy atom. The van der Waals surface area contributed by atoms with E-state index in [1.54, 1.807) is 60.7 Å². The highest BCUT2D eigenvalue weighted by atomic mass is 31.2. The van der Waals surface area contributed by atoms with Gasteiger partial charge in [-0.15, -0.1) is 0 Å². The molecule has 20 heteroatoms. The zero-order valence-electron chi connectivity index (χ0n) is 31.4. The van der Waals surface area contributed by atoms with Crippen molar-refractivity contribution in [1.29, 1.82) is 0 Å². The molecule has 2 aliphatic rings. The number of esters is 2. The molecule has 0 radical (unpaired) electrons. The molecule has 0 bridgehead atoms. The van der Waals surface area contributed by atoms with Gasteiger partial charge in [0.25, 0.3) is 11.4 Å². The first-order valence-corrected chi connectivity index (χ1v) is 21.3. The van der Waals surface area contributed by atoms with Gasteiger partial charge in [-0.25, -0.2) is 9.13 Å². The summed E-state index contributed by atoms with van der Waals surface area (Å²) in [5.74, 6) is -0.406. The second-order valence-corrected chi connectivity index (χ2v) is 16.4. The smallest absolute Gasteiger partial charge is 0.461 e. The first-order valence-electron chi connectivity index (χ1n) is 18.2. The highest BCUT2D eigenvalue weighted by Gasteiger charge is 2.37. The summed E-state index contributed by atoms with van der Waals surface area (Å²) in [7, 11) is -8.13. The molecule has 0 saturated heterocycles. The Hall–Kier alpha value is -5.80. The van der Waals surface area contributed by atoms with E-state index in [0.717, 1.165) is 38.5 Å². The van der Waals surface area contributed by atoms with Crippen LogP contribution < -0.4 is 28.3 Å². The van der Waals surface area contributed by atoms with Gasteiger partial charge >= 0.3 is 27.4 Å². The Morgan fingerprint density at radius 1 is 0.552 bits per heavy atom. The average Bonchev–Trinajstić information content (AvgIpc) is 3.15. The molecule has 0 unspecified atom stereocenters. The minimum atomic E-state index is -4.07. The number of hydrogen-bond donors (Lipinski definition) is 2. The van der Waals surface area contributed by atoms with Crippen molar-refractivity contribution < 1.29 is 56.1 Å². The number of carbonyl (C=O) groups excluding carboxylic acids is 2. The van der Waals surface area contributed by atoms with Crippen LogP contribution in [0.1, 0.15) is 52.4 Å². The third-order valence-electron chi connectivity index (χ3n) is 8.56. The Labute approximate surface area is 333 Å². The molecule has 0 heterocycles. The number of non-ortho nitro benzene ring substituents is 2. The van der Waals surface area contributed by atoms with Crippen LogP contribution >= 0.6 is 15.5 Å². The van der Waals surface area contributed by atoms with E-state index in [-0.39, 0.29) is 46.6 Å². The van der Waals surface area contributed by atoms with Crippen molar-refractivity contribution in [2.75, 3.05) is 0 Å². The van der Waals surface area contributed by atoms with Crippen molar-refractivity contribution in [1.82, 2.24) is 10.2 Å². The normalized spacial score (nSPS) is 16.7. The molecule has 308 valence electrons. The average molecular weight is 841 g/mol. The summed E-state index contributed by atoms with van der Waals surface area (Å²) in [6.45, 7) is 3.00. The first kappa shape index (κ1) is 43.3. The third-order valence-corrected chi connectivity index (χ3v) is 11.8. The number of ether oxygens (including phenoxy) is 2. The molecule has 2 aliphatic carbocycles. The molecule has 4 aromatic carbocycles. The van der Waals surface area contributed by atoms with Crippen LogP contribution in [0, 0.1) is 20.2 Å². The Morgan fingerprint density at radius 2 is 0.845 bits per heavy atom. The number of benzene rings is 4. The Bertz CT molecular complexity index is 1950. The maximum atomic E-state index is 13.4. The van der Waals surface area contributed by atoms with Gasteiger partial charge in [0.05, 0.1) is 9.85 Å². The van der Waals surface area contributed by atoms with Crippen LogP contribution in [0.15, 0.2) is 109 Å². The number of nitrogens with one attached hydrogen (secondary N) is 2. The van der Waals surface area contributed by atoms with E-state index < -0.39 is 49.4 Å². The summed E-state index contributed by atoms with van der Waals surface area (Å²) in [5, 5.41) is 26.8. The lowest BCUT2D eigenvalue weighted by Gasteiger charge is -2.28. The summed E-state index contributed by atoms with van der Waals surface area (Å²) < 4.78 is 59.4. The molecule has 2 N–H and O–H groups in total. The van der Waals surface area contributed by atoms with E-state index in [2.05, 4.69) is 10.2 Å². The van der Waals surface area contributed by atoms with E-state index in [9.17, 15) is 38.9 Å². The summed E-state index contributed by atoms with van der Waals surface area (Å²) in [6, 6.07) is 24.8. The van der Waals surface area contributed by atoms with Crippen LogP contribution in [0.4, 0.5) is 11.4 Å². The molecule has 2 saturated carbocycles. The van der Waals surface area contributed by atoms with Crippen molar-refractivity contribution in [3.63, 3.8) is 0 Å². The maximum Gasteiger partial charge on any atom is 0.513 e. The number of para-hydroxylation sites is 2. The summed E-state index contributed by atoms with van der Waals surface area (Å²) in [6.07, 6.45) is 5.06. The van der Waals surface area contributed by atoms with Gasteiger partial charge in [0.15, 0.2) is 0 Å². The molecule has 0 amide bonds.